The number of rotatable bonds is 8. The Labute approximate surface area is 101 Å². The van der Waals surface area contributed by atoms with Gasteiger partial charge in [-0.2, -0.15) is 0 Å². The van der Waals surface area contributed by atoms with Crippen LogP contribution in [0.25, 0.3) is 0 Å². The zero-order valence-corrected chi connectivity index (χ0v) is 11.3. The number of nitrogens with two attached hydrogens (primary N) is 1. The lowest BCUT2D eigenvalue weighted by molar-refractivity contribution is 0.505. The van der Waals surface area contributed by atoms with Crippen LogP contribution in [0.4, 0.5) is 0 Å². The van der Waals surface area contributed by atoms with Gasteiger partial charge >= 0.3 is 0 Å². The molecule has 0 aliphatic carbocycles. The van der Waals surface area contributed by atoms with Crippen LogP contribution >= 0.6 is 0 Å². The minimum absolute atomic E-state index is 0.0666. The molecule has 0 fully saturated rings. The number of unbranched alkanes of at least 4 members (excludes halogenated alkanes) is 1. The summed E-state index contributed by atoms with van der Waals surface area (Å²) in [5.41, 5.74) is 7.73. The van der Waals surface area contributed by atoms with Crippen molar-refractivity contribution in [3.8, 4) is 0 Å². The average molecular weight is 224 g/mol. The maximum atomic E-state index is 7.63. The van der Waals surface area contributed by atoms with Crippen LogP contribution in [0.15, 0.2) is 11.6 Å². The largest absolute Gasteiger partial charge is 0.323 e. The molecule has 0 aromatic heterocycles. The summed E-state index contributed by atoms with van der Waals surface area (Å²) in [6.07, 6.45) is 7.96. The van der Waals surface area contributed by atoms with Crippen LogP contribution < -0.4 is 5.73 Å². The van der Waals surface area contributed by atoms with Gasteiger partial charge in [-0.3, -0.25) is 0 Å². The summed E-state index contributed by atoms with van der Waals surface area (Å²) in [7, 11) is 0. The highest BCUT2D eigenvalue weighted by atomic mass is 14.7. The van der Waals surface area contributed by atoms with Gasteiger partial charge in [0.2, 0.25) is 0 Å². The van der Waals surface area contributed by atoms with E-state index >= 15 is 0 Å². The molecule has 0 radical (unpaired) electrons. The van der Waals surface area contributed by atoms with E-state index in [-0.39, 0.29) is 6.04 Å². The highest BCUT2D eigenvalue weighted by Gasteiger charge is 2.04. The Kier molecular flexibility index (Phi) is 8.18. The molecule has 0 aliphatic rings. The van der Waals surface area contributed by atoms with Gasteiger partial charge in [-0.05, 0) is 46.0 Å². The molecule has 0 bridgehead atoms. The van der Waals surface area contributed by atoms with E-state index in [1.807, 2.05) is 6.92 Å². The van der Waals surface area contributed by atoms with E-state index in [0.29, 0.717) is 5.71 Å². The van der Waals surface area contributed by atoms with Crippen molar-refractivity contribution in [2.75, 3.05) is 0 Å². The zero-order valence-electron chi connectivity index (χ0n) is 11.3. The Morgan fingerprint density at radius 2 is 1.88 bits per heavy atom. The molecule has 2 atom stereocenters. The highest BCUT2D eigenvalue weighted by Crippen LogP contribution is 2.14. The Balaban J connectivity index is 3.52. The molecule has 3 N–H and O–H groups in total. The van der Waals surface area contributed by atoms with Crippen molar-refractivity contribution in [1.29, 1.82) is 5.41 Å². The van der Waals surface area contributed by atoms with E-state index in [2.05, 4.69) is 26.8 Å². The van der Waals surface area contributed by atoms with Crippen molar-refractivity contribution in [2.45, 2.75) is 65.8 Å². The summed E-state index contributed by atoms with van der Waals surface area (Å²) in [4.78, 5) is 0. The number of allylic oxidation sites excluding steroid dienone is 2. The van der Waals surface area contributed by atoms with Gasteiger partial charge in [0.1, 0.15) is 0 Å². The molecule has 2 nitrogen and oxygen atoms in total. The smallest absolute Gasteiger partial charge is 0.0394 e. The Bertz CT molecular complexity index is 225. The van der Waals surface area contributed by atoms with Gasteiger partial charge in [0.15, 0.2) is 0 Å². The summed E-state index contributed by atoms with van der Waals surface area (Å²) in [5, 5.41) is 7.63. The van der Waals surface area contributed by atoms with Crippen LogP contribution in [0, 0.1) is 11.3 Å². The van der Waals surface area contributed by atoms with Gasteiger partial charge in [-0.15, -0.1) is 0 Å². The fourth-order valence-corrected chi connectivity index (χ4v) is 1.59. The first-order valence-corrected chi connectivity index (χ1v) is 6.39. The van der Waals surface area contributed by atoms with Crippen molar-refractivity contribution in [3.05, 3.63) is 11.6 Å². The number of hydrogen-bond acceptors (Lipinski definition) is 2. The third-order valence-corrected chi connectivity index (χ3v) is 2.87. The quantitative estimate of drug-likeness (QED) is 0.366. The third-order valence-electron chi connectivity index (χ3n) is 2.87. The van der Waals surface area contributed by atoms with Gasteiger partial charge in [0.25, 0.3) is 0 Å². The molecule has 0 saturated carbocycles. The van der Waals surface area contributed by atoms with Crippen molar-refractivity contribution in [1.82, 2.24) is 0 Å². The SMILES string of the molecule is CC(C)=CCC(C)CCCCC(=N)C(C)N. The van der Waals surface area contributed by atoms with Crippen LogP contribution in [0.2, 0.25) is 0 Å². The van der Waals surface area contributed by atoms with E-state index in [9.17, 15) is 0 Å². The fraction of sp³-hybridized carbons (Fsp3) is 0.786. The lowest BCUT2D eigenvalue weighted by Gasteiger charge is -2.10. The van der Waals surface area contributed by atoms with Gasteiger partial charge < -0.3 is 11.1 Å². The minimum atomic E-state index is -0.0666. The second kappa shape index (κ2) is 8.51. The van der Waals surface area contributed by atoms with Crippen LogP contribution in [-0.2, 0) is 0 Å². The molecular formula is C14H28N2. The molecular weight excluding hydrogens is 196 g/mol. The van der Waals surface area contributed by atoms with Crippen molar-refractivity contribution >= 4 is 5.71 Å². The molecule has 0 heterocycles. The number of hydrogen-bond donors (Lipinski definition) is 2. The van der Waals surface area contributed by atoms with Crippen LogP contribution in [0.1, 0.15) is 59.8 Å². The molecule has 0 saturated heterocycles. The Morgan fingerprint density at radius 3 is 2.38 bits per heavy atom. The lowest BCUT2D eigenvalue weighted by atomic mass is 9.97. The second-order valence-electron chi connectivity index (χ2n) is 5.18. The van der Waals surface area contributed by atoms with E-state index in [1.54, 1.807) is 0 Å². The summed E-state index contributed by atoms with van der Waals surface area (Å²) in [5.74, 6) is 0.763. The van der Waals surface area contributed by atoms with Crippen molar-refractivity contribution in [3.63, 3.8) is 0 Å². The Hall–Kier alpha value is -0.630. The summed E-state index contributed by atoms with van der Waals surface area (Å²) in [6, 6.07) is -0.0666. The van der Waals surface area contributed by atoms with Gasteiger partial charge in [0.05, 0.1) is 0 Å². The van der Waals surface area contributed by atoms with E-state index < -0.39 is 0 Å². The summed E-state index contributed by atoms with van der Waals surface area (Å²) < 4.78 is 0. The first kappa shape index (κ1) is 15.4. The van der Waals surface area contributed by atoms with Crippen LogP contribution in [-0.4, -0.2) is 11.8 Å². The monoisotopic (exact) mass is 224 g/mol. The molecule has 0 amide bonds. The van der Waals surface area contributed by atoms with Gasteiger partial charge in [-0.1, -0.05) is 31.4 Å². The molecule has 0 rings (SSSR count). The summed E-state index contributed by atoms with van der Waals surface area (Å²) >= 11 is 0. The van der Waals surface area contributed by atoms with E-state index in [4.69, 9.17) is 11.1 Å². The molecule has 0 aliphatic heterocycles. The maximum absolute atomic E-state index is 7.63. The predicted molar refractivity (Wildman–Crippen MR) is 73.1 cm³/mol. The molecule has 0 spiro atoms. The van der Waals surface area contributed by atoms with Crippen LogP contribution in [0.5, 0.6) is 0 Å². The van der Waals surface area contributed by atoms with E-state index in [1.165, 1.54) is 24.8 Å². The molecule has 2 heteroatoms. The van der Waals surface area contributed by atoms with Gasteiger partial charge in [-0.25, -0.2) is 0 Å². The standard InChI is InChI=1S/C14H28N2/c1-11(2)9-10-12(3)7-5-6-8-14(16)13(4)15/h9,12-13,16H,5-8,10,15H2,1-4H3. The molecule has 2 unspecified atom stereocenters. The topological polar surface area (TPSA) is 49.9 Å². The lowest BCUT2D eigenvalue weighted by Crippen LogP contribution is -2.25. The molecule has 0 aromatic rings. The van der Waals surface area contributed by atoms with Crippen molar-refractivity contribution in [2.24, 2.45) is 11.7 Å². The number of nitrogens with one attached hydrogen (secondary N) is 1. The first-order chi connectivity index (χ1) is 7.43. The average Bonchev–Trinajstić information content (AvgIpc) is 2.20. The third kappa shape index (κ3) is 8.66. The summed E-state index contributed by atoms with van der Waals surface area (Å²) in [6.45, 7) is 8.49. The molecule has 0 aromatic carbocycles. The zero-order chi connectivity index (χ0) is 12.6. The minimum Gasteiger partial charge on any atom is -0.323 e. The predicted octanol–water partition coefficient (Wildman–Crippen LogP) is 3.91. The normalized spacial score (nSPS) is 14.3. The van der Waals surface area contributed by atoms with Crippen LogP contribution in [0.3, 0.4) is 0 Å². The highest BCUT2D eigenvalue weighted by molar-refractivity contribution is 5.85. The van der Waals surface area contributed by atoms with Crippen molar-refractivity contribution < 1.29 is 0 Å². The molecule has 94 valence electrons. The maximum Gasteiger partial charge on any atom is 0.0394 e. The second-order valence-corrected chi connectivity index (χ2v) is 5.18. The van der Waals surface area contributed by atoms with E-state index in [0.717, 1.165) is 18.8 Å². The first-order valence-electron chi connectivity index (χ1n) is 6.39. The Morgan fingerprint density at radius 1 is 1.25 bits per heavy atom. The van der Waals surface area contributed by atoms with Gasteiger partial charge in [0, 0.05) is 11.8 Å². The fourth-order valence-electron chi connectivity index (χ4n) is 1.59. The molecule has 16 heavy (non-hydrogen) atoms.